The van der Waals surface area contributed by atoms with Gasteiger partial charge in [-0.1, -0.05) is 36.4 Å². The molecule has 0 bridgehead atoms. The SMILES string of the molecule is COC[C@H](Cc1ccccc1)N(C)C(=O)NCCc1c[nH]c2cccc(OC)c12. The van der Waals surface area contributed by atoms with Gasteiger partial charge in [-0.25, -0.2) is 4.79 Å². The van der Waals surface area contributed by atoms with Gasteiger partial charge >= 0.3 is 6.03 Å². The smallest absolute Gasteiger partial charge is 0.317 e. The molecule has 29 heavy (non-hydrogen) atoms. The number of urea groups is 1. The van der Waals surface area contributed by atoms with Crippen molar-refractivity contribution in [3.63, 3.8) is 0 Å². The molecule has 0 radical (unpaired) electrons. The number of methoxy groups -OCH3 is 2. The van der Waals surface area contributed by atoms with Crippen LogP contribution in [0.3, 0.4) is 0 Å². The van der Waals surface area contributed by atoms with E-state index in [4.69, 9.17) is 9.47 Å². The number of H-pyrrole nitrogens is 1. The van der Waals surface area contributed by atoms with E-state index in [9.17, 15) is 4.79 Å². The lowest BCUT2D eigenvalue weighted by molar-refractivity contribution is 0.115. The van der Waals surface area contributed by atoms with Crippen LogP contribution in [-0.4, -0.2) is 56.4 Å². The third-order valence-electron chi connectivity index (χ3n) is 5.18. The number of nitrogens with zero attached hydrogens (tertiary/aromatic N) is 1. The Hall–Kier alpha value is -2.99. The summed E-state index contributed by atoms with van der Waals surface area (Å²) in [4.78, 5) is 17.7. The fourth-order valence-corrected chi connectivity index (χ4v) is 3.57. The Balaban J connectivity index is 1.59. The molecule has 0 spiro atoms. The molecule has 3 rings (SSSR count). The topological polar surface area (TPSA) is 66.6 Å². The number of rotatable bonds is 9. The molecule has 1 aromatic heterocycles. The molecule has 0 fully saturated rings. The second-order valence-electron chi connectivity index (χ2n) is 7.09. The van der Waals surface area contributed by atoms with E-state index >= 15 is 0 Å². The predicted octanol–water partition coefficient (Wildman–Crippen LogP) is 3.62. The summed E-state index contributed by atoms with van der Waals surface area (Å²) in [5.41, 5.74) is 3.34. The van der Waals surface area contributed by atoms with Crippen LogP contribution in [0.5, 0.6) is 5.75 Å². The van der Waals surface area contributed by atoms with Gasteiger partial charge in [-0.05, 0) is 36.1 Å². The fraction of sp³-hybridized carbons (Fsp3) is 0.348. The van der Waals surface area contributed by atoms with Gasteiger partial charge in [-0.3, -0.25) is 0 Å². The number of ether oxygens (including phenoxy) is 2. The van der Waals surface area contributed by atoms with Crippen LogP contribution in [0.1, 0.15) is 11.1 Å². The van der Waals surface area contributed by atoms with Crippen LogP contribution < -0.4 is 10.1 Å². The molecule has 3 aromatic rings. The van der Waals surface area contributed by atoms with Gasteiger partial charge in [-0.15, -0.1) is 0 Å². The molecular weight excluding hydrogens is 366 g/mol. The minimum atomic E-state index is -0.102. The van der Waals surface area contributed by atoms with E-state index in [0.717, 1.165) is 28.6 Å². The first-order chi connectivity index (χ1) is 14.1. The van der Waals surface area contributed by atoms with E-state index in [0.29, 0.717) is 19.6 Å². The zero-order valence-electron chi connectivity index (χ0n) is 17.3. The van der Waals surface area contributed by atoms with Gasteiger partial charge in [0.2, 0.25) is 0 Å². The Labute approximate surface area is 171 Å². The first-order valence-electron chi connectivity index (χ1n) is 9.80. The Bertz CT molecular complexity index is 924. The lowest BCUT2D eigenvalue weighted by atomic mass is 10.1. The molecule has 154 valence electrons. The second kappa shape index (κ2) is 9.98. The summed E-state index contributed by atoms with van der Waals surface area (Å²) < 4.78 is 10.8. The summed E-state index contributed by atoms with van der Waals surface area (Å²) in [6.45, 7) is 1.03. The highest BCUT2D eigenvalue weighted by Gasteiger charge is 2.20. The Morgan fingerprint density at radius 3 is 2.66 bits per heavy atom. The highest BCUT2D eigenvalue weighted by atomic mass is 16.5. The van der Waals surface area contributed by atoms with Gasteiger partial charge in [0.25, 0.3) is 0 Å². The summed E-state index contributed by atoms with van der Waals surface area (Å²) in [5, 5.41) is 4.09. The molecular formula is C23H29N3O3. The van der Waals surface area contributed by atoms with Gasteiger partial charge < -0.3 is 24.7 Å². The van der Waals surface area contributed by atoms with Crippen LogP contribution in [0.4, 0.5) is 4.79 Å². The zero-order chi connectivity index (χ0) is 20.6. The molecule has 0 aliphatic heterocycles. The van der Waals surface area contributed by atoms with Crippen LogP contribution in [0, 0.1) is 0 Å². The predicted molar refractivity (Wildman–Crippen MR) is 116 cm³/mol. The van der Waals surface area contributed by atoms with Gasteiger partial charge in [0.15, 0.2) is 0 Å². The molecule has 0 saturated heterocycles. The quantitative estimate of drug-likeness (QED) is 0.582. The van der Waals surface area contributed by atoms with E-state index < -0.39 is 0 Å². The minimum absolute atomic E-state index is 0.0319. The van der Waals surface area contributed by atoms with Gasteiger partial charge in [0.1, 0.15) is 5.75 Å². The number of hydrogen-bond donors (Lipinski definition) is 2. The van der Waals surface area contributed by atoms with Crippen LogP contribution in [0.25, 0.3) is 10.9 Å². The van der Waals surface area contributed by atoms with Crippen molar-refractivity contribution in [1.29, 1.82) is 0 Å². The maximum Gasteiger partial charge on any atom is 0.317 e. The summed E-state index contributed by atoms with van der Waals surface area (Å²) in [7, 11) is 5.15. The monoisotopic (exact) mass is 395 g/mol. The van der Waals surface area contributed by atoms with E-state index in [1.165, 1.54) is 5.56 Å². The van der Waals surface area contributed by atoms with Crippen LogP contribution in [0.2, 0.25) is 0 Å². The number of nitrogens with one attached hydrogen (secondary N) is 2. The van der Waals surface area contributed by atoms with E-state index in [-0.39, 0.29) is 12.1 Å². The number of aromatic amines is 1. The largest absolute Gasteiger partial charge is 0.496 e. The molecule has 2 N–H and O–H groups in total. The van der Waals surface area contributed by atoms with Gasteiger partial charge in [0.05, 0.1) is 19.8 Å². The molecule has 0 aliphatic carbocycles. The molecule has 6 nitrogen and oxygen atoms in total. The summed E-state index contributed by atoms with van der Waals surface area (Å²) in [5.74, 6) is 0.838. The third-order valence-corrected chi connectivity index (χ3v) is 5.18. The summed E-state index contributed by atoms with van der Waals surface area (Å²) in [6.07, 6.45) is 3.44. The maximum atomic E-state index is 12.7. The summed E-state index contributed by atoms with van der Waals surface area (Å²) >= 11 is 0. The number of fused-ring (bicyclic) bond motifs is 1. The maximum absolute atomic E-state index is 12.7. The van der Waals surface area contributed by atoms with Crippen molar-refractivity contribution in [2.75, 3.05) is 34.4 Å². The molecule has 0 saturated carbocycles. The highest BCUT2D eigenvalue weighted by Crippen LogP contribution is 2.28. The molecule has 6 heteroatoms. The van der Waals surface area contributed by atoms with Crippen molar-refractivity contribution in [2.24, 2.45) is 0 Å². The van der Waals surface area contributed by atoms with Gasteiger partial charge in [0, 0.05) is 37.8 Å². The van der Waals surface area contributed by atoms with Crippen molar-refractivity contribution >= 4 is 16.9 Å². The number of amides is 2. The normalized spacial score (nSPS) is 12.0. The van der Waals surface area contributed by atoms with Crippen LogP contribution >= 0.6 is 0 Å². The molecule has 1 atom stereocenters. The minimum Gasteiger partial charge on any atom is -0.496 e. The molecule has 2 aromatic carbocycles. The number of aromatic nitrogens is 1. The molecule has 0 unspecified atom stereocenters. The first-order valence-corrected chi connectivity index (χ1v) is 9.80. The standard InChI is InChI=1S/C23H29N3O3/c1-26(19(16-28-2)14-17-8-5-4-6-9-17)23(27)24-13-12-18-15-25-20-10-7-11-21(29-3)22(18)20/h4-11,15,19,25H,12-14,16H2,1-3H3,(H,24,27)/t19-/m0/s1. The van der Waals surface area contributed by atoms with Gasteiger partial charge in [-0.2, -0.15) is 0 Å². The Morgan fingerprint density at radius 1 is 1.14 bits per heavy atom. The number of benzene rings is 2. The highest BCUT2D eigenvalue weighted by molar-refractivity contribution is 5.89. The lowest BCUT2D eigenvalue weighted by Gasteiger charge is -2.28. The van der Waals surface area contributed by atoms with E-state index in [1.807, 2.05) is 49.6 Å². The fourth-order valence-electron chi connectivity index (χ4n) is 3.57. The second-order valence-corrected chi connectivity index (χ2v) is 7.09. The van der Waals surface area contributed by atoms with Crippen molar-refractivity contribution in [3.05, 3.63) is 65.9 Å². The third kappa shape index (κ3) is 5.09. The van der Waals surface area contributed by atoms with Crippen molar-refractivity contribution in [1.82, 2.24) is 15.2 Å². The van der Waals surface area contributed by atoms with Crippen LogP contribution in [0.15, 0.2) is 54.7 Å². The van der Waals surface area contributed by atoms with E-state index in [2.05, 4.69) is 22.4 Å². The summed E-state index contributed by atoms with van der Waals surface area (Å²) in [6, 6.07) is 15.9. The molecule has 2 amide bonds. The molecule has 1 heterocycles. The zero-order valence-corrected chi connectivity index (χ0v) is 17.3. The molecule has 0 aliphatic rings. The lowest BCUT2D eigenvalue weighted by Crippen LogP contribution is -2.47. The number of hydrogen-bond acceptors (Lipinski definition) is 3. The first kappa shape index (κ1) is 20.7. The number of carbonyl (C=O) groups is 1. The van der Waals surface area contributed by atoms with Crippen LogP contribution in [-0.2, 0) is 17.6 Å². The van der Waals surface area contributed by atoms with Crippen molar-refractivity contribution in [3.8, 4) is 5.75 Å². The van der Waals surface area contributed by atoms with Crippen molar-refractivity contribution in [2.45, 2.75) is 18.9 Å². The Morgan fingerprint density at radius 2 is 1.93 bits per heavy atom. The van der Waals surface area contributed by atoms with Crippen molar-refractivity contribution < 1.29 is 14.3 Å². The average Bonchev–Trinajstić information content (AvgIpc) is 3.17. The number of carbonyl (C=O) groups excluding carboxylic acids is 1. The average molecular weight is 396 g/mol. The number of likely N-dealkylation sites (N-methyl/N-ethyl adjacent to an activating group) is 1. The Kier molecular flexibility index (Phi) is 7.14. The van der Waals surface area contributed by atoms with E-state index in [1.54, 1.807) is 19.1 Å².